The van der Waals surface area contributed by atoms with Gasteiger partial charge in [-0.25, -0.2) is 0 Å². The summed E-state index contributed by atoms with van der Waals surface area (Å²) in [7, 11) is 0. The molecule has 26 heavy (non-hydrogen) atoms. The molecule has 0 aliphatic carbocycles. The summed E-state index contributed by atoms with van der Waals surface area (Å²) in [5.74, 6) is -0.00916. The van der Waals surface area contributed by atoms with Crippen LogP contribution >= 0.6 is 34.7 Å². The van der Waals surface area contributed by atoms with Gasteiger partial charge in [0.25, 0.3) is 16.8 Å². The van der Waals surface area contributed by atoms with Crippen LogP contribution in [0.25, 0.3) is 10.8 Å². The van der Waals surface area contributed by atoms with Crippen molar-refractivity contribution in [2.75, 3.05) is 5.32 Å². The molecule has 0 spiro atoms. The highest BCUT2D eigenvalue weighted by Gasteiger charge is 2.21. The number of benzene rings is 1. The fraction of sp³-hybridized carbons (Fsp3) is 0.133. The van der Waals surface area contributed by atoms with Crippen LogP contribution in [0.1, 0.15) is 6.92 Å². The number of halogens is 1. The fourth-order valence-electron chi connectivity index (χ4n) is 1.92. The smallest absolute Gasteiger partial charge is 0.277 e. The minimum atomic E-state index is -0.582. The number of non-ortho nitro benzene ring substituents is 1. The largest absolute Gasteiger partial charge is 0.410 e. The maximum atomic E-state index is 12.3. The van der Waals surface area contributed by atoms with Gasteiger partial charge in [-0.05, 0) is 24.4 Å². The number of nitro groups is 1. The Bertz CT molecular complexity index is 945. The molecule has 0 radical (unpaired) electrons. The van der Waals surface area contributed by atoms with Crippen LogP contribution in [0.15, 0.2) is 45.4 Å². The van der Waals surface area contributed by atoms with Gasteiger partial charge in [-0.3, -0.25) is 14.9 Å². The minimum absolute atomic E-state index is 0.164. The van der Waals surface area contributed by atoms with Crippen molar-refractivity contribution >= 4 is 52.0 Å². The van der Waals surface area contributed by atoms with Crippen LogP contribution in [0.2, 0.25) is 5.02 Å². The van der Waals surface area contributed by atoms with E-state index in [2.05, 4.69) is 15.5 Å². The molecular formula is C15H11ClN4O4S2. The van der Waals surface area contributed by atoms with Crippen LogP contribution in [-0.2, 0) is 4.79 Å². The average molecular weight is 411 g/mol. The average Bonchev–Trinajstić information content (AvgIpc) is 3.27. The second kappa shape index (κ2) is 7.85. The van der Waals surface area contributed by atoms with Crippen LogP contribution < -0.4 is 5.32 Å². The first kappa shape index (κ1) is 18.4. The van der Waals surface area contributed by atoms with E-state index in [1.807, 2.05) is 17.5 Å². The number of aromatic nitrogens is 2. The van der Waals surface area contributed by atoms with Crippen molar-refractivity contribution in [2.45, 2.75) is 17.4 Å². The van der Waals surface area contributed by atoms with E-state index in [1.54, 1.807) is 6.92 Å². The molecule has 0 saturated heterocycles. The molecule has 2 aromatic heterocycles. The van der Waals surface area contributed by atoms with Crippen LogP contribution in [0.5, 0.6) is 0 Å². The highest BCUT2D eigenvalue weighted by Crippen LogP contribution is 2.30. The third kappa shape index (κ3) is 4.21. The molecule has 1 amide bonds. The summed E-state index contributed by atoms with van der Waals surface area (Å²) in [6.45, 7) is 1.65. The summed E-state index contributed by atoms with van der Waals surface area (Å²) < 4.78 is 5.53. The van der Waals surface area contributed by atoms with Crippen molar-refractivity contribution in [3.8, 4) is 10.8 Å². The van der Waals surface area contributed by atoms with Gasteiger partial charge in [-0.2, -0.15) is 0 Å². The number of nitrogens with zero attached hydrogens (tertiary/aromatic N) is 3. The lowest BCUT2D eigenvalue weighted by Gasteiger charge is -2.11. The summed E-state index contributed by atoms with van der Waals surface area (Å²) in [6.07, 6.45) is 0. The molecule has 0 fully saturated rings. The van der Waals surface area contributed by atoms with E-state index in [0.29, 0.717) is 5.89 Å². The summed E-state index contributed by atoms with van der Waals surface area (Å²) in [6, 6.07) is 7.56. The first-order valence-corrected chi connectivity index (χ1v) is 9.36. The molecule has 0 aliphatic rings. The lowest BCUT2D eigenvalue weighted by atomic mass is 10.2. The SMILES string of the molecule is CC(Sc1nnc(-c2cccs2)o1)C(=O)Nc1cc([N+](=O)[O-])ccc1Cl. The van der Waals surface area contributed by atoms with Gasteiger partial charge in [0.1, 0.15) is 0 Å². The number of carbonyl (C=O) groups excluding carboxylic acids is 1. The standard InChI is InChI=1S/C15H11ClN4O4S2/c1-8(26-15-19-18-14(24-15)12-3-2-6-25-12)13(21)17-11-7-9(20(22)23)4-5-10(11)16/h2-8H,1H3,(H,17,21). The van der Waals surface area contributed by atoms with E-state index < -0.39 is 16.1 Å². The molecule has 0 saturated carbocycles. The zero-order valence-electron chi connectivity index (χ0n) is 13.2. The molecule has 1 aromatic carbocycles. The highest BCUT2D eigenvalue weighted by atomic mass is 35.5. The number of amides is 1. The number of carbonyl (C=O) groups is 1. The third-order valence-corrected chi connectivity index (χ3v) is 5.33. The van der Waals surface area contributed by atoms with Crippen LogP contribution in [0.3, 0.4) is 0 Å². The number of thioether (sulfide) groups is 1. The monoisotopic (exact) mass is 410 g/mol. The Morgan fingerprint density at radius 2 is 2.23 bits per heavy atom. The number of nitrogens with one attached hydrogen (secondary N) is 1. The van der Waals surface area contributed by atoms with Crippen molar-refractivity contribution in [2.24, 2.45) is 0 Å². The molecule has 0 aliphatic heterocycles. The Morgan fingerprint density at radius 1 is 1.42 bits per heavy atom. The third-order valence-electron chi connectivity index (χ3n) is 3.20. The molecule has 3 rings (SSSR count). The molecule has 1 unspecified atom stereocenters. The Morgan fingerprint density at radius 3 is 2.92 bits per heavy atom. The molecule has 3 aromatic rings. The van der Waals surface area contributed by atoms with E-state index in [0.717, 1.165) is 16.6 Å². The van der Waals surface area contributed by atoms with Gasteiger partial charge < -0.3 is 9.73 Å². The van der Waals surface area contributed by atoms with Crippen molar-refractivity contribution in [1.29, 1.82) is 0 Å². The molecule has 134 valence electrons. The number of hydrogen-bond donors (Lipinski definition) is 1. The van der Waals surface area contributed by atoms with Crippen LogP contribution in [0.4, 0.5) is 11.4 Å². The van der Waals surface area contributed by atoms with E-state index in [9.17, 15) is 14.9 Å². The van der Waals surface area contributed by atoms with Crippen LogP contribution in [0, 0.1) is 10.1 Å². The number of rotatable bonds is 6. The second-order valence-corrected chi connectivity index (χ2v) is 7.67. The highest BCUT2D eigenvalue weighted by molar-refractivity contribution is 8.00. The topological polar surface area (TPSA) is 111 Å². The van der Waals surface area contributed by atoms with Crippen molar-refractivity contribution in [3.05, 3.63) is 50.8 Å². The summed E-state index contributed by atoms with van der Waals surface area (Å²) >= 11 is 8.53. The van der Waals surface area contributed by atoms with Crippen molar-refractivity contribution < 1.29 is 14.1 Å². The molecule has 1 N–H and O–H groups in total. The maximum absolute atomic E-state index is 12.3. The van der Waals surface area contributed by atoms with Crippen molar-refractivity contribution in [1.82, 2.24) is 10.2 Å². The predicted octanol–water partition coefficient (Wildman–Crippen LogP) is 4.48. The van der Waals surface area contributed by atoms with E-state index in [4.69, 9.17) is 16.0 Å². The fourth-order valence-corrected chi connectivity index (χ4v) is 3.41. The Hall–Kier alpha value is -2.43. The zero-order chi connectivity index (χ0) is 18.7. The zero-order valence-corrected chi connectivity index (χ0v) is 15.6. The number of nitro benzene ring substituents is 1. The maximum Gasteiger partial charge on any atom is 0.277 e. The summed E-state index contributed by atoms with van der Waals surface area (Å²) in [5.41, 5.74) is 0.00520. The molecule has 1 atom stereocenters. The number of anilines is 1. The molecule has 0 bridgehead atoms. The lowest BCUT2D eigenvalue weighted by molar-refractivity contribution is -0.384. The van der Waals surface area contributed by atoms with Gasteiger partial charge in [0.15, 0.2) is 0 Å². The Balaban J connectivity index is 1.67. The Kier molecular flexibility index (Phi) is 5.55. The first-order chi connectivity index (χ1) is 12.4. The van der Waals surface area contributed by atoms with E-state index >= 15 is 0 Å². The van der Waals surface area contributed by atoms with E-state index in [-0.39, 0.29) is 21.6 Å². The molecule has 8 nitrogen and oxygen atoms in total. The number of hydrogen-bond acceptors (Lipinski definition) is 8. The number of thiophene rings is 1. The normalized spacial score (nSPS) is 11.9. The second-order valence-electron chi connectivity index (χ2n) is 5.02. The Labute approximate surface area is 160 Å². The first-order valence-electron chi connectivity index (χ1n) is 7.23. The predicted molar refractivity (Wildman–Crippen MR) is 99.7 cm³/mol. The molecule has 11 heteroatoms. The molecular weight excluding hydrogens is 400 g/mol. The summed E-state index contributed by atoms with van der Waals surface area (Å²) in [5, 5.41) is 23.1. The van der Waals surface area contributed by atoms with Gasteiger partial charge >= 0.3 is 0 Å². The van der Waals surface area contributed by atoms with Gasteiger partial charge in [-0.15, -0.1) is 21.5 Å². The van der Waals surface area contributed by atoms with Gasteiger partial charge in [0.05, 0.1) is 25.8 Å². The quantitative estimate of drug-likeness (QED) is 0.362. The van der Waals surface area contributed by atoms with Crippen molar-refractivity contribution in [3.63, 3.8) is 0 Å². The van der Waals surface area contributed by atoms with Gasteiger partial charge in [0, 0.05) is 12.1 Å². The van der Waals surface area contributed by atoms with E-state index in [1.165, 1.54) is 29.5 Å². The van der Waals surface area contributed by atoms with Gasteiger partial charge in [0.2, 0.25) is 5.91 Å². The van der Waals surface area contributed by atoms with Crippen LogP contribution in [-0.4, -0.2) is 26.3 Å². The lowest BCUT2D eigenvalue weighted by Crippen LogP contribution is -2.22. The summed E-state index contributed by atoms with van der Waals surface area (Å²) in [4.78, 5) is 23.5. The molecule has 2 heterocycles. The minimum Gasteiger partial charge on any atom is -0.410 e. The van der Waals surface area contributed by atoms with Gasteiger partial charge in [-0.1, -0.05) is 29.4 Å².